The van der Waals surface area contributed by atoms with Gasteiger partial charge < -0.3 is 9.47 Å². The van der Waals surface area contributed by atoms with Crippen molar-refractivity contribution in [2.24, 2.45) is 0 Å². The third kappa shape index (κ3) is 6.84. The molecule has 0 aliphatic carbocycles. The molecule has 0 amide bonds. The first-order valence-electron chi connectivity index (χ1n) is 21.3. The van der Waals surface area contributed by atoms with Gasteiger partial charge in [0.15, 0.2) is 0 Å². The van der Waals surface area contributed by atoms with Gasteiger partial charge in [0.2, 0.25) is 0 Å². The Balaban J connectivity index is 1.10. The molecule has 0 radical (unpaired) electrons. The van der Waals surface area contributed by atoms with Crippen molar-refractivity contribution in [3.8, 4) is 61.3 Å². The molecule has 292 valence electrons. The normalized spacial score (nSPS) is 11.2. The van der Waals surface area contributed by atoms with Crippen molar-refractivity contribution in [2.45, 2.75) is 0 Å². The van der Waals surface area contributed by atoms with Crippen molar-refractivity contribution in [1.82, 2.24) is 4.57 Å². The zero-order valence-electron chi connectivity index (χ0n) is 34.1. The maximum Gasteiger partial charge on any atom is 0.0561 e. The summed E-state index contributed by atoms with van der Waals surface area (Å²) in [5.74, 6) is 0. The molecule has 0 N–H and O–H groups in total. The molecule has 0 saturated carbocycles. The van der Waals surface area contributed by atoms with E-state index < -0.39 is 0 Å². The summed E-state index contributed by atoms with van der Waals surface area (Å²) in [6.45, 7) is 0. The molecule has 0 bridgehead atoms. The molecular weight excluding hydrogens is 749 g/mol. The van der Waals surface area contributed by atoms with Crippen LogP contribution in [0.25, 0.3) is 83.1 Å². The highest BCUT2D eigenvalue weighted by molar-refractivity contribution is 6.10. The van der Waals surface area contributed by atoms with Crippen LogP contribution in [-0.2, 0) is 0 Å². The predicted octanol–water partition coefficient (Wildman–Crippen LogP) is 16.6. The van der Waals surface area contributed by atoms with Gasteiger partial charge in [-0.05, 0) is 98.6 Å². The van der Waals surface area contributed by atoms with Crippen LogP contribution in [0.3, 0.4) is 0 Å². The van der Waals surface area contributed by atoms with Crippen LogP contribution in [0.2, 0.25) is 0 Å². The minimum Gasteiger partial charge on any atom is -0.310 e. The first kappa shape index (κ1) is 36.8. The van der Waals surface area contributed by atoms with E-state index in [0.29, 0.717) is 0 Å². The van der Waals surface area contributed by atoms with E-state index in [2.05, 4.69) is 264 Å². The molecule has 11 rings (SSSR count). The van der Waals surface area contributed by atoms with Crippen LogP contribution in [0.4, 0.5) is 17.1 Å². The fraction of sp³-hybridized carbons (Fsp3) is 0. The Bertz CT molecular complexity index is 3300. The van der Waals surface area contributed by atoms with E-state index in [1.807, 2.05) is 0 Å². The van der Waals surface area contributed by atoms with Crippen molar-refractivity contribution in [3.05, 3.63) is 255 Å². The standard InChI is InChI=1S/C60H42N2/c1-5-17-43(18-6-1)45-29-33-48(34-30-45)53-39-37-51(41-57(53)49-35-31-46(32-36-49)44-19-7-2-8-20-44)62-59-28-16-14-26-55(59)56-40-38-52(42-60(56)62)61(50-23-11-4-12-24-50)58-27-15-13-25-54(58)47-21-9-3-10-22-47/h1-42H. The summed E-state index contributed by atoms with van der Waals surface area (Å²) in [6.07, 6.45) is 0. The fourth-order valence-electron chi connectivity index (χ4n) is 9.02. The summed E-state index contributed by atoms with van der Waals surface area (Å²) in [5, 5.41) is 2.43. The van der Waals surface area contributed by atoms with Crippen molar-refractivity contribution < 1.29 is 0 Å². The first-order valence-corrected chi connectivity index (χ1v) is 21.3. The summed E-state index contributed by atoms with van der Waals surface area (Å²) in [5.41, 5.74) is 18.6. The molecule has 2 heteroatoms. The second-order valence-corrected chi connectivity index (χ2v) is 15.7. The van der Waals surface area contributed by atoms with Crippen molar-refractivity contribution in [3.63, 3.8) is 0 Å². The van der Waals surface area contributed by atoms with E-state index in [1.54, 1.807) is 0 Å². The highest BCUT2D eigenvalue weighted by Gasteiger charge is 2.21. The van der Waals surface area contributed by atoms with E-state index in [9.17, 15) is 0 Å². The van der Waals surface area contributed by atoms with Gasteiger partial charge in [-0.1, -0.05) is 206 Å². The van der Waals surface area contributed by atoms with Crippen LogP contribution in [0.15, 0.2) is 255 Å². The van der Waals surface area contributed by atoms with Gasteiger partial charge in [0.25, 0.3) is 0 Å². The van der Waals surface area contributed by atoms with Crippen molar-refractivity contribution in [2.75, 3.05) is 4.90 Å². The lowest BCUT2D eigenvalue weighted by Gasteiger charge is -2.28. The van der Waals surface area contributed by atoms with E-state index in [-0.39, 0.29) is 0 Å². The Hall–Kier alpha value is -8.20. The fourth-order valence-corrected chi connectivity index (χ4v) is 9.02. The molecule has 2 nitrogen and oxygen atoms in total. The van der Waals surface area contributed by atoms with Crippen LogP contribution >= 0.6 is 0 Å². The molecule has 10 aromatic carbocycles. The van der Waals surface area contributed by atoms with Gasteiger partial charge in [0.1, 0.15) is 0 Å². The predicted molar refractivity (Wildman–Crippen MR) is 263 cm³/mol. The Morgan fingerprint density at radius 3 is 1.37 bits per heavy atom. The summed E-state index contributed by atoms with van der Waals surface area (Å²) in [6, 6.07) is 92.1. The van der Waals surface area contributed by atoms with Crippen LogP contribution in [0.5, 0.6) is 0 Å². The molecule has 0 aliphatic rings. The summed E-state index contributed by atoms with van der Waals surface area (Å²) in [4.78, 5) is 2.39. The van der Waals surface area contributed by atoms with Gasteiger partial charge in [0.05, 0.1) is 16.7 Å². The molecular formula is C60H42N2. The zero-order chi connectivity index (χ0) is 41.2. The first-order chi connectivity index (χ1) is 30.8. The molecule has 11 aromatic rings. The van der Waals surface area contributed by atoms with Gasteiger partial charge in [-0.3, -0.25) is 0 Å². The molecule has 1 heterocycles. The molecule has 1 aromatic heterocycles. The minimum absolute atomic E-state index is 1.09. The number of hydrogen-bond acceptors (Lipinski definition) is 1. The SMILES string of the molecule is c1ccc(-c2ccc(-c3ccc(-n4c5ccccc5c5ccc(N(c6ccccc6)c6ccccc6-c6ccccc6)cc54)cc3-c3ccc(-c4ccccc4)cc3)cc2)cc1. The Labute approximate surface area is 362 Å². The number of benzene rings is 10. The second kappa shape index (κ2) is 16.1. The van der Waals surface area contributed by atoms with Crippen LogP contribution < -0.4 is 4.90 Å². The van der Waals surface area contributed by atoms with Gasteiger partial charge >= 0.3 is 0 Å². The average molecular weight is 791 g/mol. The number of para-hydroxylation sites is 3. The highest BCUT2D eigenvalue weighted by Crippen LogP contribution is 2.44. The lowest BCUT2D eigenvalue weighted by molar-refractivity contribution is 1.18. The van der Waals surface area contributed by atoms with Crippen LogP contribution in [-0.4, -0.2) is 4.57 Å². The number of nitrogens with zero attached hydrogens (tertiary/aromatic N) is 2. The molecule has 0 fully saturated rings. The lowest BCUT2D eigenvalue weighted by Crippen LogP contribution is -2.11. The highest BCUT2D eigenvalue weighted by atomic mass is 15.1. The Morgan fingerprint density at radius 1 is 0.258 bits per heavy atom. The van der Waals surface area contributed by atoms with Gasteiger partial charge in [-0.2, -0.15) is 0 Å². The van der Waals surface area contributed by atoms with Gasteiger partial charge in [-0.15, -0.1) is 0 Å². The monoisotopic (exact) mass is 790 g/mol. The van der Waals surface area contributed by atoms with Crippen molar-refractivity contribution >= 4 is 38.9 Å². The molecule has 0 aliphatic heterocycles. The molecule has 0 atom stereocenters. The molecule has 62 heavy (non-hydrogen) atoms. The number of aromatic nitrogens is 1. The quantitative estimate of drug-likeness (QED) is 0.141. The van der Waals surface area contributed by atoms with E-state index >= 15 is 0 Å². The maximum absolute atomic E-state index is 2.45. The lowest BCUT2D eigenvalue weighted by atomic mass is 9.92. The van der Waals surface area contributed by atoms with E-state index in [0.717, 1.165) is 28.3 Å². The Morgan fingerprint density at radius 2 is 0.726 bits per heavy atom. The summed E-state index contributed by atoms with van der Waals surface area (Å²) >= 11 is 0. The van der Waals surface area contributed by atoms with Gasteiger partial charge in [-0.25, -0.2) is 0 Å². The molecule has 0 unspecified atom stereocenters. The van der Waals surface area contributed by atoms with Crippen molar-refractivity contribution in [1.29, 1.82) is 0 Å². The number of fused-ring (bicyclic) bond motifs is 3. The topological polar surface area (TPSA) is 8.17 Å². The van der Waals surface area contributed by atoms with E-state index in [1.165, 1.54) is 71.9 Å². The number of anilines is 3. The minimum atomic E-state index is 1.09. The average Bonchev–Trinajstić information content (AvgIpc) is 3.69. The maximum atomic E-state index is 2.45. The van der Waals surface area contributed by atoms with Crippen LogP contribution in [0.1, 0.15) is 0 Å². The zero-order valence-corrected chi connectivity index (χ0v) is 34.1. The summed E-state index contributed by atoms with van der Waals surface area (Å²) < 4.78 is 2.45. The third-order valence-corrected chi connectivity index (χ3v) is 12.0. The summed E-state index contributed by atoms with van der Waals surface area (Å²) in [7, 11) is 0. The second-order valence-electron chi connectivity index (χ2n) is 15.7. The van der Waals surface area contributed by atoms with E-state index in [4.69, 9.17) is 0 Å². The molecule has 0 spiro atoms. The number of rotatable bonds is 9. The van der Waals surface area contributed by atoms with Crippen LogP contribution in [0, 0.1) is 0 Å². The largest absolute Gasteiger partial charge is 0.310 e. The molecule has 0 saturated heterocycles. The smallest absolute Gasteiger partial charge is 0.0561 e. The van der Waals surface area contributed by atoms with Gasteiger partial charge in [0, 0.05) is 33.4 Å². The third-order valence-electron chi connectivity index (χ3n) is 12.0. The number of hydrogen-bond donors (Lipinski definition) is 0. The Kier molecular flexibility index (Phi) is 9.57.